The quantitative estimate of drug-likeness (QED) is 0.532. The highest BCUT2D eigenvalue weighted by Gasteiger charge is 2.11. The first-order valence-corrected chi connectivity index (χ1v) is 10.4. The second-order valence-corrected chi connectivity index (χ2v) is 7.64. The molecule has 8 nitrogen and oxygen atoms in total. The van der Waals surface area contributed by atoms with Crippen molar-refractivity contribution < 1.29 is 9.59 Å². The summed E-state index contributed by atoms with van der Waals surface area (Å²) >= 11 is 1.36. The third-order valence-corrected chi connectivity index (χ3v) is 5.04. The standard InChI is InChI=1S/C20H24N6O2S/c1-2-6-19-24-25-20(29-19)23-18(28)10-9-17(27)22-16-13-21-26(14-16)12-11-15-7-4-3-5-8-15/h3-5,7-8,13-14H,2,6,9-12H2,1H3,(H,22,27)(H,23,25,28). The smallest absolute Gasteiger partial charge is 0.226 e. The van der Waals surface area contributed by atoms with Gasteiger partial charge in [0.1, 0.15) is 5.01 Å². The number of benzene rings is 1. The van der Waals surface area contributed by atoms with Crippen molar-refractivity contribution >= 4 is 34.0 Å². The fourth-order valence-corrected chi connectivity index (χ4v) is 3.55. The summed E-state index contributed by atoms with van der Waals surface area (Å²) < 4.78 is 1.79. The van der Waals surface area contributed by atoms with Crippen LogP contribution in [-0.2, 0) is 29.0 Å². The second-order valence-electron chi connectivity index (χ2n) is 6.57. The van der Waals surface area contributed by atoms with Crippen molar-refractivity contribution in [2.45, 2.75) is 45.6 Å². The van der Waals surface area contributed by atoms with Gasteiger partial charge in [0, 0.05) is 32.0 Å². The summed E-state index contributed by atoms with van der Waals surface area (Å²) in [5, 5.41) is 19.0. The Kier molecular flexibility index (Phi) is 7.46. The maximum absolute atomic E-state index is 12.1. The van der Waals surface area contributed by atoms with E-state index < -0.39 is 0 Å². The maximum atomic E-state index is 12.1. The number of amides is 2. The summed E-state index contributed by atoms with van der Waals surface area (Å²) in [4.78, 5) is 24.1. The van der Waals surface area contributed by atoms with Crippen LogP contribution in [0.25, 0.3) is 0 Å². The number of nitrogens with zero attached hydrogens (tertiary/aromatic N) is 4. The van der Waals surface area contributed by atoms with Crippen LogP contribution in [0.2, 0.25) is 0 Å². The molecule has 0 atom stereocenters. The summed E-state index contributed by atoms with van der Waals surface area (Å²) in [7, 11) is 0. The molecule has 0 aliphatic carbocycles. The molecule has 0 unspecified atom stereocenters. The maximum Gasteiger partial charge on any atom is 0.226 e. The molecule has 0 spiro atoms. The normalized spacial score (nSPS) is 10.7. The topological polar surface area (TPSA) is 102 Å². The summed E-state index contributed by atoms with van der Waals surface area (Å²) in [5.74, 6) is -0.482. The molecule has 1 aromatic carbocycles. The Balaban J connectivity index is 1.38. The van der Waals surface area contributed by atoms with E-state index >= 15 is 0 Å². The highest BCUT2D eigenvalue weighted by molar-refractivity contribution is 7.15. The molecule has 0 bridgehead atoms. The average molecular weight is 413 g/mol. The van der Waals surface area contributed by atoms with Gasteiger partial charge in [-0.25, -0.2) is 0 Å². The van der Waals surface area contributed by atoms with Crippen LogP contribution in [0.15, 0.2) is 42.7 Å². The zero-order chi connectivity index (χ0) is 20.5. The number of hydrogen-bond donors (Lipinski definition) is 2. The minimum atomic E-state index is -0.252. The average Bonchev–Trinajstić information content (AvgIpc) is 3.35. The minimum absolute atomic E-state index is 0.0800. The Morgan fingerprint density at radius 2 is 1.79 bits per heavy atom. The Morgan fingerprint density at radius 3 is 2.55 bits per heavy atom. The number of aromatic nitrogens is 4. The molecule has 0 saturated heterocycles. The molecule has 0 saturated carbocycles. The van der Waals surface area contributed by atoms with Gasteiger partial charge in [-0.15, -0.1) is 10.2 Å². The van der Waals surface area contributed by atoms with Gasteiger partial charge in [-0.2, -0.15) is 5.10 Å². The second kappa shape index (κ2) is 10.5. The number of hydrogen-bond acceptors (Lipinski definition) is 6. The van der Waals surface area contributed by atoms with Gasteiger partial charge in [-0.1, -0.05) is 48.6 Å². The lowest BCUT2D eigenvalue weighted by atomic mass is 10.1. The number of nitrogens with one attached hydrogen (secondary N) is 2. The summed E-state index contributed by atoms with van der Waals surface area (Å²) in [5.41, 5.74) is 1.86. The first-order valence-electron chi connectivity index (χ1n) is 9.61. The van der Waals surface area contributed by atoms with Crippen molar-refractivity contribution in [3.8, 4) is 0 Å². The molecule has 3 rings (SSSR count). The van der Waals surface area contributed by atoms with E-state index in [9.17, 15) is 9.59 Å². The van der Waals surface area contributed by atoms with Crippen LogP contribution in [0, 0.1) is 0 Å². The van der Waals surface area contributed by atoms with Gasteiger partial charge in [0.25, 0.3) is 0 Å². The lowest BCUT2D eigenvalue weighted by molar-refractivity contribution is -0.121. The van der Waals surface area contributed by atoms with Crippen LogP contribution < -0.4 is 10.6 Å². The molecule has 3 aromatic rings. The number of carbonyl (C=O) groups is 2. The van der Waals surface area contributed by atoms with Crippen molar-refractivity contribution in [1.82, 2.24) is 20.0 Å². The first kappa shape index (κ1) is 20.7. The van der Waals surface area contributed by atoms with E-state index in [0.717, 1.165) is 30.8 Å². The van der Waals surface area contributed by atoms with E-state index in [1.54, 1.807) is 17.1 Å². The lowest BCUT2D eigenvalue weighted by Gasteiger charge is -2.03. The largest absolute Gasteiger partial charge is 0.323 e. The van der Waals surface area contributed by atoms with E-state index in [1.807, 2.05) is 18.2 Å². The van der Waals surface area contributed by atoms with E-state index in [0.29, 0.717) is 10.8 Å². The van der Waals surface area contributed by atoms with Gasteiger partial charge in [0.2, 0.25) is 16.9 Å². The third-order valence-electron chi connectivity index (χ3n) is 4.15. The van der Waals surface area contributed by atoms with E-state index in [4.69, 9.17) is 0 Å². The molecule has 2 N–H and O–H groups in total. The zero-order valence-corrected chi connectivity index (χ0v) is 17.1. The SMILES string of the molecule is CCCc1nnc(NC(=O)CCC(=O)Nc2cnn(CCc3ccccc3)c2)s1. The van der Waals surface area contributed by atoms with Crippen LogP contribution in [0.5, 0.6) is 0 Å². The number of carbonyl (C=O) groups excluding carboxylic acids is 2. The van der Waals surface area contributed by atoms with E-state index in [-0.39, 0.29) is 24.7 Å². The van der Waals surface area contributed by atoms with E-state index in [1.165, 1.54) is 16.9 Å². The van der Waals surface area contributed by atoms with Gasteiger partial charge in [0.15, 0.2) is 0 Å². The third kappa shape index (κ3) is 6.79. The van der Waals surface area contributed by atoms with Gasteiger partial charge in [-0.05, 0) is 18.4 Å². The molecule has 0 aliphatic rings. The Morgan fingerprint density at radius 1 is 1.03 bits per heavy atom. The molecule has 0 aliphatic heterocycles. The van der Waals surface area contributed by atoms with Crippen molar-refractivity contribution in [2.24, 2.45) is 0 Å². The molecule has 0 radical (unpaired) electrons. The van der Waals surface area contributed by atoms with Crippen LogP contribution in [0.1, 0.15) is 36.8 Å². The van der Waals surface area contributed by atoms with Crippen molar-refractivity contribution in [1.29, 1.82) is 0 Å². The van der Waals surface area contributed by atoms with Crippen LogP contribution >= 0.6 is 11.3 Å². The number of anilines is 2. The molecule has 29 heavy (non-hydrogen) atoms. The van der Waals surface area contributed by atoms with Crippen LogP contribution in [0.4, 0.5) is 10.8 Å². The molecule has 0 fully saturated rings. The Hall–Kier alpha value is -3.07. The van der Waals surface area contributed by atoms with Gasteiger partial charge >= 0.3 is 0 Å². The van der Waals surface area contributed by atoms with Crippen molar-refractivity contribution in [3.05, 3.63) is 53.3 Å². The Labute approximate surface area is 173 Å². The monoisotopic (exact) mass is 412 g/mol. The predicted molar refractivity (Wildman–Crippen MR) is 113 cm³/mol. The van der Waals surface area contributed by atoms with E-state index in [2.05, 4.69) is 45.0 Å². The van der Waals surface area contributed by atoms with Gasteiger partial charge in [0.05, 0.1) is 11.9 Å². The highest BCUT2D eigenvalue weighted by atomic mass is 32.1. The van der Waals surface area contributed by atoms with Crippen LogP contribution in [0.3, 0.4) is 0 Å². The Bertz CT molecular complexity index is 937. The van der Waals surface area contributed by atoms with Gasteiger partial charge in [-0.3, -0.25) is 14.3 Å². The first-order chi connectivity index (χ1) is 14.1. The summed E-state index contributed by atoms with van der Waals surface area (Å²) in [6.07, 6.45) is 6.25. The minimum Gasteiger partial charge on any atom is -0.323 e. The fourth-order valence-electron chi connectivity index (χ4n) is 2.69. The number of rotatable bonds is 10. The molecule has 9 heteroatoms. The summed E-state index contributed by atoms with van der Waals surface area (Å²) in [6, 6.07) is 10.2. The van der Waals surface area contributed by atoms with Crippen LogP contribution in [-0.4, -0.2) is 31.8 Å². The molecule has 2 amide bonds. The molecule has 2 heterocycles. The zero-order valence-electron chi connectivity index (χ0n) is 16.3. The lowest BCUT2D eigenvalue weighted by Crippen LogP contribution is -2.17. The molecular formula is C20H24N6O2S. The molecular weight excluding hydrogens is 388 g/mol. The molecule has 152 valence electrons. The molecule has 2 aromatic heterocycles. The van der Waals surface area contributed by atoms with Crippen molar-refractivity contribution in [2.75, 3.05) is 10.6 Å². The highest BCUT2D eigenvalue weighted by Crippen LogP contribution is 2.17. The van der Waals surface area contributed by atoms with Crippen molar-refractivity contribution in [3.63, 3.8) is 0 Å². The number of aryl methyl sites for hydroxylation is 3. The summed E-state index contributed by atoms with van der Waals surface area (Å²) in [6.45, 7) is 2.79. The fraction of sp³-hybridized carbons (Fsp3) is 0.350. The van der Waals surface area contributed by atoms with Gasteiger partial charge < -0.3 is 10.6 Å². The predicted octanol–water partition coefficient (Wildman–Crippen LogP) is 3.29.